The van der Waals surface area contributed by atoms with Crippen molar-refractivity contribution in [2.24, 2.45) is 7.05 Å². The number of amides is 1. The van der Waals surface area contributed by atoms with E-state index in [0.29, 0.717) is 22.9 Å². The number of hydrogen-bond acceptors (Lipinski definition) is 6. The monoisotopic (exact) mass is 348 g/mol. The van der Waals surface area contributed by atoms with Gasteiger partial charge in [-0.2, -0.15) is 0 Å². The van der Waals surface area contributed by atoms with Crippen LogP contribution in [0.15, 0.2) is 29.2 Å². The highest BCUT2D eigenvalue weighted by atomic mass is 16.5. The van der Waals surface area contributed by atoms with E-state index in [2.05, 4.69) is 5.32 Å². The molecule has 1 heterocycles. The van der Waals surface area contributed by atoms with Crippen LogP contribution in [0.5, 0.6) is 23.0 Å². The van der Waals surface area contributed by atoms with E-state index in [4.69, 9.17) is 18.9 Å². The molecule has 0 bridgehead atoms. The fraction of sp³-hybridized carbons (Fsp3) is 0.294. The second-order valence-corrected chi connectivity index (χ2v) is 5.07. The number of carbonyl (C=O) groups is 1. The lowest BCUT2D eigenvalue weighted by Gasteiger charge is -2.15. The van der Waals surface area contributed by atoms with Gasteiger partial charge < -0.3 is 28.8 Å². The van der Waals surface area contributed by atoms with Crippen molar-refractivity contribution in [3.8, 4) is 23.0 Å². The van der Waals surface area contributed by atoms with Crippen molar-refractivity contribution < 1.29 is 23.7 Å². The maximum absolute atomic E-state index is 12.5. The molecular weight excluding hydrogens is 328 g/mol. The summed E-state index contributed by atoms with van der Waals surface area (Å²) in [6, 6.07) is 4.41. The molecule has 1 aromatic carbocycles. The summed E-state index contributed by atoms with van der Waals surface area (Å²) in [5.74, 6) is 0.921. The molecule has 0 fully saturated rings. The van der Waals surface area contributed by atoms with Gasteiger partial charge in [0, 0.05) is 30.9 Å². The molecule has 8 nitrogen and oxygen atoms in total. The van der Waals surface area contributed by atoms with Crippen LogP contribution in [0.3, 0.4) is 0 Å². The predicted molar refractivity (Wildman–Crippen MR) is 92.3 cm³/mol. The minimum atomic E-state index is -0.462. The van der Waals surface area contributed by atoms with Gasteiger partial charge in [-0.05, 0) is 0 Å². The normalized spacial score (nSPS) is 10.1. The van der Waals surface area contributed by atoms with Crippen molar-refractivity contribution >= 4 is 11.6 Å². The van der Waals surface area contributed by atoms with Crippen LogP contribution in [0.25, 0.3) is 0 Å². The first-order valence-corrected chi connectivity index (χ1v) is 7.31. The van der Waals surface area contributed by atoms with Gasteiger partial charge in [0.15, 0.2) is 17.2 Å². The van der Waals surface area contributed by atoms with Crippen molar-refractivity contribution in [3.05, 3.63) is 40.3 Å². The van der Waals surface area contributed by atoms with Crippen molar-refractivity contribution in [1.82, 2.24) is 4.57 Å². The molecule has 1 N–H and O–H groups in total. The number of ether oxygens (including phenoxy) is 4. The molecule has 0 spiro atoms. The van der Waals surface area contributed by atoms with Crippen molar-refractivity contribution in [3.63, 3.8) is 0 Å². The maximum Gasteiger partial charge on any atom is 0.272 e. The Morgan fingerprint density at radius 3 is 1.96 bits per heavy atom. The van der Waals surface area contributed by atoms with Crippen molar-refractivity contribution in [2.45, 2.75) is 0 Å². The second-order valence-electron chi connectivity index (χ2n) is 5.07. The predicted octanol–water partition coefficient (Wildman–Crippen LogP) is 1.67. The van der Waals surface area contributed by atoms with Gasteiger partial charge >= 0.3 is 0 Å². The van der Waals surface area contributed by atoms with Gasteiger partial charge in [-0.1, -0.05) is 0 Å². The number of nitrogens with zero attached hydrogens (tertiary/aromatic N) is 1. The van der Waals surface area contributed by atoms with Gasteiger partial charge in [0.25, 0.3) is 5.91 Å². The SMILES string of the molecule is COc1cc(NC(=O)c2cc(=O)c(OC)cn2C)cc(OC)c1OC. The van der Waals surface area contributed by atoms with Crippen LogP contribution in [0, 0.1) is 0 Å². The fourth-order valence-corrected chi connectivity index (χ4v) is 2.33. The van der Waals surface area contributed by atoms with Crippen molar-refractivity contribution in [1.29, 1.82) is 0 Å². The molecule has 0 radical (unpaired) electrons. The minimum Gasteiger partial charge on any atom is -0.493 e. The first-order valence-electron chi connectivity index (χ1n) is 7.31. The standard InChI is InChI=1S/C17H20N2O6/c1-19-9-15(24-4)12(20)8-11(19)17(21)18-10-6-13(22-2)16(25-5)14(7-10)23-3/h6-9H,1-5H3,(H,18,21). The third-order valence-corrected chi connectivity index (χ3v) is 3.58. The Morgan fingerprint density at radius 1 is 0.920 bits per heavy atom. The van der Waals surface area contributed by atoms with Gasteiger partial charge in [-0.25, -0.2) is 0 Å². The molecule has 2 rings (SSSR count). The Hall–Kier alpha value is -3.16. The van der Waals surface area contributed by atoms with Crippen LogP contribution in [0.4, 0.5) is 5.69 Å². The quantitative estimate of drug-likeness (QED) is 0.854. The van der Waals surface area contributed by atoms with Crippen molar-refractivity contribution in [2.75, 3.05) is 33.8 Å². The molecule has 0 unspecified atom stereocenters. The summed E-state index contributed by atoms with van der Waals surface area (Å²) < 4.78 is 22.2. The van der Waals surface area contributed by atoms with Gasteiger partial charge in [0.2, 0.25) is 11.2 Å². The highest BCUT2D eigenvalue weighted by molar-refractivity contribution is 6.03. The van der Waals surface area contributed by atoms with Crippen LogP contribution >= 0.6 is 0 Å². The summed E-state index contributed by atoms with van der Waals surface area (Å²) in [6.07, 6.45) is 1.45. The van der Waals surface area contributed by atoms with E-state index in [1.165, 1.54) is 45.3 Å². The number of aryl methyl sites for hydroxylation is 1. The van der Waals surface area contributed by atoms with E-state index in [1.807, 2.05) is 0 Å². The smallest absolute Gasteiger partial charge is 0.272 e. The third-order valence-electron chi connectivity index (χ3n) is 3.58. The molecule has 25 heavy (non-hydrogen) atoms. The lowest BCUT2D eigenvalue weighted by molar-refractivity contribution is 0.101. The number of benzene rings is 1. The number of methoxy groups -OCH3 is 4. The summed E-state index contributed by atoms with van der Waals surface area (Å²) in [5.41, 5.74) is 0.234. The van der Waals surface area contributed by atoms with Gasteiger partial charge in [0.1, 0.15) is 5.69 Å². The summed E-state index contributed by atoms with van der Waals surface area (Å²) in [7, 11) is 7.50. The van der Waals surface area contributed by atoms with E-state index in [-0.39, 0.29) is 16.9 Å². The number of pyridine rings is 1. The van der Waals surface area contributed by atoms with E-state index in [1.54, 1.807) is 19.2 Å². The fourth-order valence-electron chi connectivity index (χ4n) is 2.33. The Morgan fingerprint density at radius 2 is 1.48 bits per heavy atom. The molecule has 1 amide bonds. The van der Waals surface area contributed by atoms with E-state index < -0.39 is 5.91 Å². The molecule has 1 aromatic heterocycles. The number of hydrogen-bond donors (Lipinski definition) is 1. The zero-order valence-corrected chi connectivity index (χ0v) is 14.7. The molecule has 0 aliphatic carbocycles. The third kappa shape index (κ3) is 3.68. The van der Waals surface area contributed by atoms with Crippen LogP contribution in [-0.4, -0.2) is 38.9 Å². The topological polar surface area (TPSA) is 88.0 Å². The van der Waals surface area contributed by atoms with Crippen LogP contribution in [-0.2, 0) is 7.05 Å². The Balaban J connectivity index is 2.38. The Bertz CT molecular complexity index is 819. The van der Waals surface area contributed by atoms with E-state index in [9.17, 15) is 9.59 Å². The molecule has 0 saturated carbocycles. The average molecular weight is 348 g/mol. The highest BCUT2D eigenvalue weighted by Gasteiger charge is 2.17. The largest absolute Gasteiger partial charge is 0.493 e. The van der Waals surface area contributed by atoms with Crippen LogP contribution in [0.2, 0.25) is 0 Å². The number of aromatic nitrogens is 1. The molecule has 134 valence electrons. The number of anilines is 1. The summed E-state index contributed by atoms with van der Waals surface area (Å²) in [5, 5.41) is 2.71. The zero-order chi connectivity index (χ0) is 18.6. The summed E-state index contributed by atoms with van der Waals surface area (Å²) in [6.45, 7) is 0. The molecule has 0 atom stereocenters. The van der Waals surface area contributed by atoms with Crippen LogP contribution in [0.1, 0.15) is 10.5 Å². The van der Waals surface area contributed by atoms with E-state index >= 15 is 0 Å². The Labute approximate surface area is 144 Å². The highest BCUT2D eigenvalue weighted by Crippen LogP contribution is 2.39. The second kappa shape index (κ2) is 7.61. The van der Waals surface area contributed by atoms with Gasteiger partial charge in [0.05, 0.1) is 34.6 Å². The molecule has 0 saturated heterocycles. The first-order chi connectivity index (χ1) is 11.9. The number of nitrogens with one attached hydrogen (secondary N) is 1. The summed E-state index contributed by atoms with van der Waals surface area (Å²) >= 11 is 0. The molecular formula is C17H20N2O6. The van der Waals surface area contributed by atoms with E-state index in [0.717, 1.165) is 0 Å². The number of carbonyl (C=O) groups excluding carboxylic acids is 1. The zero-order valence-electron chi connectivity index (χ0n) is 14.7. The molecule has 0 aliphatic heterocycles. The first kappa shape index (κ1) is 18.2. The molecule has 2 aromatic rings. The summed E-state index contributed by atoms with van der Waals surface area (Å²) in [4.78, 5) is 24.4. The molecule has 0 aliphatic rings. The lowest BCUT2D eigenvalue weighted by atomic mass is 10.2. The minimum absolute atomic E-state index is 0.159. The number of rotatable bonds is 6. The van der Waals surface area contributed by atoms with Gasteiger partial charge in [-0.15, -0.1) is 0 Å². The average Bonchev–Trinajstić information content (AvgIpc) is 2.61. The Kier molecular flexibility index (Phi) is 5.53. The molecule has 8 heteroatoms. The lowest BCUT2D eigenvalue weighted by Crippen LogP contribution is -2.21. The van der Waals surface area contributed by atoms with Gasteiger partial charge in [-0.3, -0.25) is 9.59 Å². The maximum atomic E-state index is 12.5. The van der Waals surface area contributed by atoms with Crippen LogP contribution < -0.4 is 29.7 Å².